The number of imidazole rings is 1. The van der Waals surface area contributed by atoms with Crippen LogP contribution in [0.5, 0.6) is 0 Å². The van der Waals surface area contributed by atoms with Crippen LogP contribution in [0, 0.1) is 11.2 Å². The molecule has 0 aliphatic heterocycles. The summed E-state index contributed by atoms with van der Waals surface area (Å²) in [5.74, 6) is 0.302. The summed E-state index contributed by atoms with van der Waals surface area (Å²) in [5, 5.41) is 3.34. The second-order valence-corrected chi connectivity index (χ2v) is 10.00. The van der Waals surface area contributed by atoms with Crippen LogP contribution >= 0.6 is 0 Å². The van der Waals surface area contributed by atoms with Gasteiger partial charge in [-0.2, -0.15) is 0 Å². The van der Waals surface area contributed by atoms with E-state index in [-0.39, 0.29) is 11.2 Å². The molecule has 0 aliphatic rings. The topological polar surface area (TPSA) is 58.4 Å². The molecule has 178 valence electrons. The minimum atomic E-state index is -0.272. The first-order valence-corrected chi connectivity index (χ1v) is 11.8. The third-order valence-electron chi connectivity index (χ3n) is 5.54. The van der Waals surface area contributed by atoms with Crippen LogP contribution in [0.2, 0.25) is 0 Å². The molecule has 0 saturated carbocycles. The SMILES string of the molecule is CCCN(C)Cc1ccn2c(-c3ccnc(NCC(C)(C)C)n3)c(-c3ccc(F)cc3)nc2c1. The third-order valence-corrected chi connectivity index (χ3v) is 5.54. The molecular formula is C27H33FN6. The number of aromatic nitrogens is 4. The van der Waals surface area contributed by atoms with Crippen molar-refractivity contribution in [2.24, 2.45) is 5.41 Å². The summed E-state index contributed by atoms with van der Waals surface area (Å²) in [6.45, 7) is 11.3. The second kappa shape index (κ2) is 9.89. The first-order chi connectivity index (χ1) is 16.2. The van der Waals surface area contributed by atoms with Crippen LogP contribution in [0.1, 0.15) is 39.7 Å². The van der Waals surface area contributed by atoms with E-state index < -0.39 is 0 Å². The van der Waals surface area contributed by atoms with Crippen molar-refractivity contribution in [3.63, 3.8) is 0 Å². The fourth-order valence-corrected chi connectivity index (χ4v) is 3.93. The van der Waals surface area contributed by atoms with E-state index in [1.54, 1.807) is 18.3 Å². The molecule has 7 heteroatoms. The number of pyridine rings is 1. The van der Waals surface area contributed by atoms with Crippen molar-refractivity contribution in [1.29, 1.82) is 0 Å². The van der Waals surface area contributed by atoms with E-state index >= 15 is 0 Å². The average Bonchev–Trinajstić information content (AvgIpc) is 3.17. The van der Waals surface area contributed by atoms with Crippen molar-refractivity contribution in [2.45, 2.75) is 40.7 Å². The normalized spacial score (nSPS) is 12.0. The van der Waals surface area contributed by atoms with Crippen LogP contribution in [-0.4, -0.2) is 44.4 Å². The van der Waals surface area contributed by atoms with Crippen molar-refractivity contribution < 1.29 is 4.39 Å². The molecule has 0 fully saturated rings. The van der Waals surface area contributed by atoms with Gasteiger partial charge in [-0.05, 0) is 73.5 Å². The van der Waals surface area contributed by atoms with Gasteiger partial charge in [-0.3, -0.25) is 4.40 Å². The Kier molecular flexibility index (Phi) is 6.93. The number of nitrogens with one attached hydrogen (secondary N) is 1. The Labute approximate surface area is 200 Å². The summed E-state index contributed by atoms with van der Waals surface area (Å²) >= 11 is 0. The minimum Gasteiger partial charge on any atom is -0.354 e. The number of halogens is 1. The van der Waals surface area contributed by atoms with Crippen molar-refractivity contribution in [1.82, 2.24) is 24.3 Å². The smallest absolute Gasteiger partial charge is 0.223 e. The summed E-state index contributed by atoms with van der Waals surface area (Å²) in [4.78, 5) is 16.5. The van der Waals surface area contributed by atoms with Gasteiger partial charge in [-0.25, -0.2) is 19.3 Å². The van der Waals surface area contributed by atoms with Gasteiger partial charge >= 0.3 is 0 Å². The maximum absolute atomic E-state index is 13.6. The first-order valence-electron chi connectivity index (χ1n) is 11.8. The van der Waals surface area contributed by atoms with Crippen LogP contribution < -0.4 is 5.32 Å². The summed E-state index contributed by atoms with van der Waals surface area (Å²) < 4.78 is 15.7. The molecule has 0 amide bonds. The molecular weight excluding hydrogens is 427 g/mol. The van der Waals surface area contributed by atoms with Gasteiger partial charge in [0, 0.05) is 31.0 Å². The average molecular weight is 461 g/mol. The maximum atomic E-state index is 13.6. The van der Waals surface area contributed by atoms with E-state index in [1.807, 2.05) is 12.3 Å². The minimum absolute atomic E-state index is 0.100. The van der Waals surface area contributed by atoms with Gasteiger partial charge in [0.25, 0.3) is 0 Å². The highest BCUT2D eigenvalue weighted by molar-refractivity contribution is 5.80. The van der Waals surface area contributed by atoms with Gasteiger partial charge in [0.2, 0.25) is 5.95 Å². The van der Waals surface area contributed by atoms with Crippen molar-refractivity contribution in [3.8, 4) is 22.6 Å². The first kappa shape index (κ1) is 23.8. The lowest BCUT2D eigenvalue weighted by Crippen LogP contribution is -2.20. The Morgan fingerprint density at radius 1 is 1.06 bits per heavy atom. The van der Waals surface area contributed by atoms with Crippen LogP contribution in [0.25, 0.3) is 28.3 Å². The van der Waals surface area contributed by atoms with Crippen LogP contribution in [0.3, 0.4) is 0 Å². The molecule has 1 aromatic carbocycles. The molecule has 0 atom stereocenters. The molecule has 3 heterocycles. The number of rotatable bonds is 8. The Morgan fingerprint density at radius 2 is 1.82 bits per heavy atom. The summed E-state index contributed by atoms with van der Waals surface area (Å²) in [6, 6.07) is 12.6. The van der Waals surface area contributed by atoms with Crippen LogP contribution in [-0.2, 0) is 6.54 Å². The molecule has 4 rings (SSSR count). The zero-order valence-electron chi connectivity index (χ0n) is 20.6. The van der Waals surface area contributed by atoms with Gasteiger partial charge in [0.15, 0.2) is 0 Å². The number of benzene rings is 1. The summed E-state index contributed by atoms with van der Waals surface area (Å²) in [5.41, 5.74) is 5.35. The van der Waals surface area contributed by atoms with E-state index in [9.17, 15) is 4.39 Å². The molecule has 3 aromatic heterocycles. The molecule has 34 heavy (non-hydrogen) atoms. The molecule has 0 bridgehead atoms. The number of fused-ring (bicyclic) bond motifs is 1. The van der Waals surface area contributed by atoms with Crippen molar-refractivity contribution in [2.75, 3.05) is 25.5 Å². The fourth-order valence-electron chi connectivity index (χ4n) is 3.93. The lowest BCUT2D eigenvalue weighted by atomic mass is 9.97. The van der Waals surface area contributed by atoms with Gasteiger partial charge in [-0.15, -0.1) is 0 Å². The molecule has 0 saturated heterocycles. The summed E-state index contributed by atoms with van der Waals surface area (Å²) in [7, 11) is 2.13. The molecule has 4 aromatic rings. The summed E-state index contributed by atoms with van der Waals surface area (Å²) in [6.07, 6.45) is 4.92. The quantitative estimate of drug-likeness (QED) is 0.355. The van der Waals surface area contributed by atoms with Gasteiger partial charge in [-0.1, -0.05) is 27.7 Å². The highest BCUT2D eigenvalue weighted by Crippen LogP contribution is 2.32. The monoisotopic (exact) mass is 460 g/mol. The zero-order valence-corrected chi connectivity index (χ0v) is 20.6. The van der Waals surface area contributed by atoms with E-state index in [1.165, 1.54) is 17.7 Å². The molecule has 6 nitrogen and oxygen atoms in total. The Bertz CT molecular complexity index is 1260. The van der Waals surface area contributed by atoms with Crippen LogP contribution in [0.4, 0.5) is 10.3 Å². The number of hydrogen-bond acceptors (Lipinski definition) is 5. The third kappa shape index (κ3) is 5.59. The largest absolute Gasteiger partial charge is 0.354 e. The van der Waals surface area contributed by atoms with E-state index in [0.29, 0.717) is 5.95 Å². The second-order valence-electron chi connectivity index (χ2n) is 10.00. The number of hydrogen-bond donors (Lipinski definition) is 1. The zero-order chi connectivity index (χ0) is 24.3. The van der Waals surface area contributed by atoms with Gasteiger partial charge in [0.1, 0.15) is 11.5 Å². The Morgan fingerprint density at radius 3 is 2.53 bits per heavy atom. The highest BCUT2D eigenvalue weighted by Gasteiger charge is 2.19. The van der Waals surface area contributed by atoms with Gasteiger partial charge in [0.05, 0.1) is 17.1 Å². The van der Waals surface area contributed by atoms with Crippen molar-refractivity contribution in [3.05, 3.63) is 66.2 Å². The predicted octanol–water partition coefficient (Wildman–Crippen LogP) is 5.90. The molecule has 0 spiro atoms. The van der Waals surface area contributed by atoms with E-state index in [2.05, 4.69) is 66.5 Å². The van der Waals surface area contributed by atoms with Gasteiger partial charge < -0.3 is 10.2 Å². The van der Waals surface area contributed by atoms with Crippen LogP contribution in [0.15, 0.2) is 54.9 Å². The lowest BCUT2D eigenvalue weighted by molar-refractivity contribution is 0.327. The highest BCUT2D eigenvalue weighted by atomic mass is 19.1. The molecule has 0 unspecified atom stereocenters. The maximum Gasteiger partial charge on any atom is 0.223 e. The molecule has 1 N–H and O–H groups in total. The predicted molar refractivity (Wildman–Crippen MR) is 136 cm³/mol. The molecule has 0 aliphatic carbocycles. The Balaban J connectivity index is 1.80. The van der Waals surface area contributed by atoms with Crippen molar-refractivity contribution >= 4 is 11.6 Å². The Hall–Kier alpha value is -3.32. The van der Waals surface area contributed by atoms with E-state index in [4.69, 9.17) is 9.97 Å². The lowest BCUT2D eigenvalue weighted by Gasteiger charge is -2.18. The standard InChI is InChI=1S/C27H33FN6/c1-6-14-33(5)17-19-12-15-34-23(16-19)32-24(20-7-9-21(28)10-8-20)25(34)22-11-13-29-26(31-22)30-18-27(2,3)4/h7-13,15-16H,6,14,17-18H2,1-5H3,(H,29,30,31). The van der Waals surface area contributed by atoms with E-state index in [0.717, 1.165) is 54.3 Å². The number of anilines is 1. The number of nitrogens with zero attached hydrogens (tertiary/aromatic N) is 5. The molecule has 0 radical (unpaired) electrons. The fraction of sp³-hybridized carbons (Fsp3) is 0.370.